The van der Waals surface area contributed by atoms with E-state index in [2.05, 4.69) is 5.32 Å². The van der Waals surface area contributed by atoms with Crippen molar-refractivity contribution in [3.05, 3.63) is 75.1 Å². The molecule has 3 atom stereocenters. The van der Waals surface area contributed by atoms with Crippen LogP contribution in [0.3, 0.4) is 0 Å². The summed E-state index contributed by atoms with van der Waals surface area (Å²) in [7, 11) is 3.59. The maximum absolute atomic E-state index is 13.8. The van der Waals surface area contributed by atoms with Crippen molar-refractivity contribution in [1.82, 2.24) is 5.32 Å². The molecule has 0 heterocycles. The largest absolute Gasteiger partial charge is 0.508 e. The molecule has 0 aromatic heterocycles. The molecule has 5 rings (SSSR count). The summed E-state index contributed by atoms with van der Waals surface area (Å²) in [6, 6.07) is 8.09. The first-order chi connectivity index (χ1) is 19.8. The van der Waals surface area contributed by atoms with Crippen molar-refractivity contribution in [2.24, 2.45) is 17.6 Å². The van der Waals surface area contributed by atoms with Crippen molar-refractivity contribution in [1.29, 1.82) is 0 Å². The molecule has 12 nitrogen and oxygen atoms in total. The number of fused-ring (bicyclic) bond motifs is 3. The Morgan fingerprint density at radius 3 is 2.33 bits per heavy atom. The molecule has 3 aliphatic rings. The number of carbonyl (C=O) groups is 4. The standard InChI is InChI=1S/C30H31N3O9/c1-33(2)19-9-16(12-32-11-13-3-5-14(6-4-13)29(40)41)24(35)22-18(19)8-15-7-17-10-20(34)23(28(31)39)27(38)30(17,42)26(37)21(15)25(22)36/h3-6,9,15,17,32,35-36,38,42H,7-8,10-12H2,1-2H3,(H2,31,39)(H,40,41)/t15?,17?,30-/m0/s1. The highest BCUT2D eigenvalue weighted by Gasteiger charge is 2.60. The van der Waals surface area contributed by atoms with Gasteiger partial charge in [-0.05, 0) is 48.1 Å². The number of aliphatic hydroxyl groups is 3. The number of carbonyl (C=O) groups excluding carboxylic acids is 3. The number of phenolic OH excluding ortho intramolecular Hbond substituents is 1. The number of aromatic hydroxyl groups is 1. The number of carboxylic acid groups (broad SMARTS) is 1. The SMILES string of the molecule is CN(C)c1cc(CNCc2ccc(C(=O)O)cc2)c(O)c2c1CC1CC3CC(=O)C(C(N)=O)=C(O)[C@@]3(O)C(=O)C1=C2O. The molecule has 42 heavy (non-hydrogen) atoms. The molecule has 0 aliphatic heterocycles. The number of hydrogen-bond acceptors (Lipinski definition) is 10. The van der Waals surface area contributed by atoms with Gasteiger partial charge in [-0.25, -0.2) is 4.79 Å². The molecule has 2 aromatic carbocycles. The highest BCUT2D eigenvalue weighted by atomic mass is 16.4. The van der Waals surface area contributed by atoms with Crippen molar-refractivity contribution in [2.45, 2.75) is 38.0 Å². The number of nitrogens with zero attached hydrogens (tertiary/aromatic N) is 1. The van der Waals surface area contributed by atoms with E-state index in [1.807, 2.05) is 4.90 Å². The molecule has 0 saturated heterocycles. The molecule has 0 bridgehead atoms. The lowest BCUT2D eigenvalue weighted by Crippen LogP contribution is -2.58. The number of benzene rings is 2. The molecule has 12 heteroatoms. The van der Waals surface area contributed by atoms with Crippen LogP contribution in [-0.2, 0) is 33.9 Å². The molecule has 0 spiro atoms. The first-order valence-corrected chi connectivity index (χ1v) is 13.3. The Bertz CT molecular complexity index is 1610. The van der Waals surface area contributed by atoms with Crippen molar-refractivity contribution in [2.75, 3.05) is 19.0 Å². The summed E-state index contributed by atoms with van der Waals surface area (Å²) in [4.78, 5) is 51.1. The van der Waals surface area contributed by atoms with Gasteiger partial charge in [0, 0.05) is 56.3 Å². The second-order valence-electron chi connectivity index (χ2n) is 11.2. The first-order valence-electron chi connectivity index (χ1n) is 13.3. The van der Waals surface area contributed by atoms with Crippen molar-refractivity contribution in [3.63, 3.8) is 0 Å². The normalized spacial score (nSPS) is 23.3. The number of Topliss-reactive ketones (excluding diaryl/α,β-unsaturated/α-hetero) is 2. The number of primary amides is 1. The Morgan fingerprint density at radius 1 is 1.07 bits per heavy atom. The molecule has 2 unspecified atom stereocenters. The van der Waals surface area contributed by atoms with E-state index in [9.17, 15) is 39.6 Å². The Morgan fingerprint density at radius 2 is 1.74 bits per heavy atom. The van der Waals surface area contributed by atoms with Crippen LogP contribution in [0.4, 0.5) is 5.69 Å². The number of amides is 1. The van der Waals surface area contributed by atoms with Crippen LogP contribution < -0.4 is 16.0 Å². The summed E-state index contributed by atoms with van der Waals surface area (Å²) >= 11 is 0. The van der Waals surface area contributed by atoms with E-state index in [1.165, 1.54) is 12.1 Å². The van der Waals surface area contributed by atoms with Crippen LogP contribution in [0.25, 0.3) is 5.76 Å². The van der Waals surface area contributed by atoms with E-state index in [-0.39, 0.29) is 48.3 Å². The number of carboxylic acids is 1. The summed E-state index contributed by atoms with van der Waals surface area (Å²) in [6.45, 7) is 0.503. The number of rotatable bonds is 7. The fourth-order valence-electron chi connectivity index (χ4n) is 6.36. The summed E-state index contributed by atoms with van der Waals surface area (Å²) in [5.41, 5.74) is 4.25. The van der Waals surface area contributed by atoms with Gasteiger partial charge in [0.05, 0.1) is 11.1 Å². The van der Waals surface area contributed by atoms with E-state index in [0.29, 0.717) is 23.4 Å². The molecular weight excluding hydrogens is 546 g/mol. The lowest BCUT2D eigenvalue weighted by Gasteiger charge is -2.46. The average molecular weight is 578 g/mol. The molecular formula is C30H31N3O9. The van der Waals surface area contributed by atoms with Gasteiger partial charge in [-0.3, -0.25) is 14.4 Å². The van der Waals surface area contributed by atoms with Crippen LogP contribution in [0.2, 0.25) is 0 Å². The number of nitrogens with one attached hydrogen (secondary N) is 1. The van der Waals surface area contributed by atoms with Gasteiger partial charge in [0.1, 0.15) is 22.8 Å². The lowest BCUT2D eigenvalue weighted by molar-refractivity contribution is -0.147. The summed E-state index contributed by atoms with van der Waals surface area (Å²) < 4.78 is 0. The van der Waals surface area contributed by atoms with Gasteiger partial charge in [0.15, 0.2) is 11.4 Å². The third kappa shape index (κ3) is 4.39. The summed E-state index contributed by atoms with van der Waals surface area (Å²) in [5.74, 6) is -7.70. The highest BCUT2D eigenvalue weighted by molar-refractivity contribution is 6.22. The Labute approximate surface area is 240 Å². The fraction of sp³-hybridized carbons (Fsp3) is 0.333. The zero-order valence-electron chi connectivity index (χ0n) is 23.0. The third-order valence-electron chi connectivity index (χ3n) is 8.45. The van der Waals surface area contributed by atoms with Gasteiger partial charge in [-0.1, -0.05) is 12.1 Å². The topological polar surface area (TPSA) is 211 Å². The van der Waals surface area contributed by atoms with Crippen LogP contribution in [0.5, 0.6) is 5.75 Å². The van der Waals surface area contributed by atoms with Gasteiger partial charge >= 0.3 is 5.97 Å². The lowest BCUT2D eigenvalue weighted by atomic mass is 9.59. The van der Waals surface area contributed by atoms with Crippen LogP contribution >= 0.6 is 0 Å². The predicted molar refractivity (Wildman–Crippen MR) is 150 cm³/mol. The smallest absolute Gasteiger partial charge is 0.335 e. The van der Waals surface area contributed by atoms with E-state index in [0.717, 1.165) is 5.56 Å². The van der Waals surface area contributed by atoms with Crippen molar-refractivity contribution >= 4 is 34.9 Å². The molecule has 1 saturated carbocycles. The van der Waals surface area contributed by atoms with Gasteiger partial charge in [0.2, 0.25) is 5.78 Å². The predicted octanol–water partition coefficient (Wildman–Crippen LogP) is 1.48. The quantitative estimate of drug-likeness (QED) is 0.234. The maximum atomic E-state index is 13.8. The highest BCUT2D eigenvalue weighted by Crippen LogP contribution is 2.53. The molecule has 3 aliphatic carbocycles. The van der Waals surface area contributed by atoms with Gasteiger partial charge < -0.3 is 41.5 Å². The third-order valence-corrected chi connectivity index (χ3v) is 8.45. The Kier molecular flexibility index (Phi) is 7.07. The molecule has 1 amide bonds. The summed E-state index contributed by atoms with van der Waals surface area (Å²) in [6.07, 6.45) is -0.114. The monoisotopic (exact) mass is 577 g/mol. The molecule has 220 valence electrons. The second kappa shape index (κ2) is 10.3. The first kappa shape index (κ1) is 28.8. The van der Waals surface area contributed by atoms with Crippen molar-refractivity contribution in [3.8, 4) is 5.75 Å². The van der Waals surface area contributed by atoms with E-state index >= 15 is 0 Å². The number of phenols is 1. The average Bonchev–Trinajstić information content (AvgIpc) is 2.91. The second-order valence-corrected chi connectivity index (χ2v) is 11.2. The van der Waals surface area contributed by atoms with Gasteiger partial charge in [-0.15, -0.1) is 0 Å². The maximum Gasteiger partial charge on any atom is 0.335 e. The minimum Gasteiger partial charge on any atom is -0.508 e. The molecule has 0 radical (unpaired) electrons. The number of aliphatic hydroxyl groups excluding tert-OH is 2. The Balaban J connectivity index is 1.53. The zero-order valence-corrected chi connectivity index (χ0v) is 23.0. The van der Waals surface area contributed by atoms with E-state index < -0.39 is 58.0 Å². The van der Waals surface area contributed by atoms with Gasteiger partial charge in [0.25, 0.3) is 5.91 Å². The number of ketones is 2. The fourth-order valence-corrected chi connectivity index (χ4v) is 6.36. The minimum atomic E-state index is -2.62. The number of aromatic carboxylic acids is 1. The van der Waals surface area contributed by atoms with E-state index in [1.54, 1.807) is 32.3 Å². The summed E-state index contributed by atoms with van der Waals surface area (Å²) in [5, 5.41) is 57.2. The number of hydrogen-bond donors (Lipinski definition) is 7. The van der Waals surface area contributed by atoms with E-state index in [4.69, 9.17) is 10.8 Å². The number of nitrogens with two attached hydrogens (primary N) is 1. The van der Waals surface area contributed by atoms with Crippen LogP contribution in [-0.4, -0.2) is 68.7 Å². The molecule has 1 fully saturated rings. The zero-order chi connectivity index (χ0) is 30.7. The molecule has 2 aromatic rings. The minimum absolute atomic E-state index is 0.0240. The van der Waals surface area contributed by atoms with Crippen LogP contribution in [0.15, 0.2) is 47.2 Å². The number of anilines is 1. The Hall–Kier alpha value is -4.68. The molecule has 8 N–H and O–H groups in total. The van der Waals surface area contributed by atoms with Crippen LogP contribution in [0, 0.1) is 11.8 Å². The van der Waals surface area contributed by atoms with Gasteiger partial charge in [-0.2, -0.15) is 0 Å². The van der Waals surface area contributed by atoms with Crippen molar-refractivity contribution < 1.29 is 44.7 Å². The van der Waals surface area contributed by atoms with Crippen LogP contribution in [0.1, 0.15) is 45.5 Å².